The molecule has 2 rings (SSSR count). The van der Waals surface area contributed by atoms with Gasteiger partial charge in [0.25, 0.3) is 0 Å². The number of Topliss-reactive ketones (excluding diaryl/α,β-unsaturated/α-hetero) is 1. The molecule has 0 spiro atoms. The zero-order valence-corrected chi connectivity index (χ0v) is 11.2. The lowest BCUT2D eigenvalue weighted by atomic mass is 10.1. The third kappa shape index (κ3) is 3.42. The van der Waals surface area contributed by atoms with Gasteiger partial charge in [-0.15, -0.1) is 0 Å². The zero-order chi connectivity index (χ0) is 15.4. The van der Waals surface area contributed by atoms with Crippen LogP contribution >= 0.6 is 0 Å². The maximum Gasteiger partial charge on any atom is 0.313 e. The minimum atomic E-state index is -0.920. The summed E-state index contributed by atoms with van der Waals surface area (Å²) in [5, 5.41) is 10.9. The van der Waals surface area contributed by atoms with Crippen LogP contribution in [0.4, 0.5) is 10.1 Å². The number of nitro benzene ring substituents is 1. The molecule has 0 fully saturated rings. The van der Waals surface area contributed by atoms with E-state index < -0.39 is 22.5 Å². The van der Waals surface area contributed by atoms with Crippen molar-refractivity contribution in [3.05, 3.63) is 70.0 Å². The van der Waals surface area contributed by atoms with Crippen LogP contribution in [0.5, 0.6) is 5.75 Å². The summed E-state index contributed by atoms with van der Waals surface area (Å²) in [5.74, 6) is -1.19. The molecule has 5 nitrogen and oxygen atoms in total. The highest BCUT2D eigenvalue weighted by molar-refractivity contribution is 5.99. The number of hydrogen-bond donors (Lipinski definition) is 0. The predicted octanol–water partition coefficient (Wildman–Crippen LogP) is 3.38. The summed E-state index contributed by atoms with van der Waals surface area (Å²) < 4.78 is 18.4. The topological polar surface area (TPSA) is 69.4 Å². The highest BCUT2D eigenvalue weighted by Gasteiger charge is 2.22. The number of carbonyl (C=O) groups excluding carboxylic acids is 1. The Labute approximate surface area is 120 Å². The quantitative estimate of drug-likeness (QED) is 0.480. The standard InChI is InChI=1S/C15H12FNO4/c1-10(15(18)11-5-3-2-4-6-11)21-14-8-7-12(16)9-13(14)17(19)20/h2-10H,1H3. The Morgan fingerprint density at radius 2 is 1.90 bits per heavy atom. The summed E-state index contributed by atoms with van der Waals surface area (Å²) in [6, 6.07) is 11.4. The van der Waals surface area contributed by atoms with Gasteiger partial charge in [0.2, 0.25) is 5.78 Å². The van der Waals surface area contributed by atoms with Crippen LogP contribution in [0.3, 0.4) is 0 Å². The van der Waals surface area contributed by atoms with Gasteiger partial charge in [0.05, 0.1) is 11.0 Å². The maximum absolute atomic E-state index is 13.0. The van der Waals surface area contributed by atoms with Gasteiger partial charge >= 0.3 is 5.69 Å². The number of ether oxygens (including phenoxy) is 1. The first kappa shape index (κ1) is 14.6. The van der Waals surface area contributed by atoms with Crippen LogP contribution in [0.15, 0.2) is 48.5 Å². The van der Waals surface area contributed by atoms with Crippen LogP contribution in [-0.2, 0) is 0 Å². The molecule has 2 aromatic carbocycles. The molecule has 0 aliphatic heterocycles. The average molecular weight is 289 g/mol. The molecule has 1 atom stereocenters. The van der Waals surface area contributed by atoms with Gasteiger partial charge in [0, 0.05) is 5.56 Å². The molecule has 0 heterocycles. The zero-order valence-electron chi connectivity index (χ0n) is 11.2. The Kier molecular flexibility index (Phi) is 4.27. The largest absolute Gasteiger partial charge is 0.475 e. The van der Waals surface area contributed by atoms with E-state index in [0.717, 1.165) is 18.2 Å². The lowest BCUT2D eigenvalue weighted by molar-refractivity contribution is -0.386. The van der Waals surface area contributed by atoms with Gasteiger partial charge in [-0.2, -0.15) is 0 Å². The molecule has 0 aromatic heterocycles. The monoisotopic (exact) mass is 289 g/mol. The van der Waals surface area contributed by atoms with Gasteiger partial charge in [-0.05, 0) is 19.1 Å². The molecule has 108 valence electrons. The summed E-state index contributed by atoms with van der Waals surface area (Å²) in [7, 11) is 0. The van der Waals surface area contributed by atoms with Crippen LogP contribution in [0.2, 0.25) is 0 Å². The molecule has 0 aliphatic carbocycles. The van der Waals surface area contributed by atoms with E-state index >= 15 is 0 Å². The Balaban J connectivity index is 2.22. The number of ketones is 1. The molecule has 0 N–H and O–H groups in total. The highest BCUT2D eigenvalue weighted by atomic mass is 19.1. The van der Waals surface area contributed by atoms with Gasteiger partial charge in [0.15, 0.2) is 11.9 Å². The summed E-state index contributed by atoms with van der Waals surface area (Å²) >= 11 is 0. The molecule has 0 saturated heterocycles. The summed E-state index contributed by atoms with van der Waals surface area (Å²) in [6.45, 7) is 1.49. The predicted molar refractivity (Wildman–Crippen MR) is 73.9 cm³/mol. The van der Waals surface area contributed by atoms with Crippen molar-refractivity contribution < 1.29 is 18.8 Å². The fraction of sp³-hybridized carbons (Fsp3) is 0.133. The van der Waals surface area contributed by atoms with Crippen LogP contribution in [0, 0.1) is 15.9 Å². The minimum Gasteiger partial charge on any atom is -0.475 e. The number of benzene rings is 2. The highest BCUT2D eigenvalue weighted by Crippen LogP contribution is 2.28. The van der Waals surface area contributed by atoms with E-state index in [2.05, 4.69) is 0 Å². The molecule has 6 heteroatoms. The van der Waals surface area contributed by atoms with Crippen molar-refractivity contribution >= 4 is 11.5 Å². The molecule has 0 radical (unpaired) electrons. The van der Waals surface area contributed by atoms with Crippen molar-refractivity contribution in [2.75, 3.05) is 0 Å². The minimum absolute atomic E-state index is 0.141. The Morgan fingerprint density at radius 3 is 2.52 bits per heavy atom. The van der Waals surface area contributed by atoms with E-state index in [9.17, 15) is 19.3 Å². The fourth-order valence-electron chi connectivity index (χ4n) is 1.81. The molecule has 0 bridgehead atoms. The molecule has 2 aromatic rings. The first-order chi connectivity index (χ1) is 9.99. The summed E-state index contributed by atoms with van der Waals surface area (Å²) in [6.07, 6.45) is -0.920. The van der Waals surface area contributed by atoms with Crippen molar-refractivity contribution in [3.8, 4) is 5.75 Å². The van der Waals surface area contributed by atoms with Crippen LogP contribution < -0.4 is 4.74 Å². The maximum atomic E-state index is 13.0. The number of hydrogen-bond acceptors (Lipinski definition) is 4. The van der Waals surface area contributed by atoms with Gasteiger partial charge in [-0.1, -0.05) is 30.3 Å². The van der Waals surface area contributed by atoms with E-state index in [1.807, 2.05) is 0 Å². The SMILES string of the molecule is CC(Oc1ccc(F)cc1[N+](=O)[O-])C(=O)c1ccccc1. The second kappa shape index (κ2) is 6.13. The number of halogens is 1. The third-order valence-electron chi connectivity index (χ3n) is 2.85. The van der Waals surface area contributed by atoms with Crippen molar-refractivity contribution in [1.82, 2.24) is 0 Å². The van der Waals surface area contributed by atoms with Gasteiger partial charge < -0.3 is 4.74 Å². The molecule has 0 saturated carbocycles. The number of carbonyl (C=O) groups is 1. The van der Waals surface area contributed by atoms with Crippen LogP contribution in [0.1, 0.15) is 17.3 Å². The second-order valence-corrected chi connectivity index (χ2v) is 4.36. The molecule has 0 amide bonds. The number of nitrogens with zero attached hydrogens (tertiary/aromatic N) is 1. The third-order valence-corrected chi connectivity index (χ3v) is 2.85. The van der Waals surface area contributed by atoms with Gasteiger partial charge in [-0.3, -0.25) is 14.9 Å². The lowest BCUT2D eigenvalue weighted by Gasteiger charge is -2.13. The Morgan fingerprint density at radius 1 is 1.24 bits per heavy atom. The second-order valence-electron chi connectivity index (χ2n) is 4.36. The Hall–Kier alpha value is -2.76. The van der Waals surface area contributed by atoms with E-state index in [-0.39, 0.29) is 11.5 Å². The molecule has 0 aliphatic rings. The van der Waals surface area contributed by atoms with Crippen LogP contribution in [-0.4, -0.2) is 16.8 Å². The van der Waals surface area contributed by atoms with Crippen molar-refractivity contribution in [2.24, 2.45) is 0 Å². The van der Waals surface area contributed by atoms with Crippen LogP contribution in [0.25, 0.3) is 0 Å². The van der Waals surface area contributed by atoms with E-state index in [4.69, 9.17) is 4.74 Å². The molecule has 1 unspecified atom stereocenters. The van der Waals surface area contributed by atoms with Crippen molar-refractivity contribution in [3.63, 3.8) is 0 Å². The molecule has 21 heavy (non-hydrogen) atoms. The fourth-order valence-corrected chi connectivity index (χ4v) is 1.81. The normalized spacial score (nSPS) is 11.7. The number of nitro groups is 1. The van der Waals surface area contributed by atoms with Crippen molar-refractivity contribution in [2.45, 2.75) is 13.0 Å². The first-order valence-corrected chi connectivity index (χ1v) is 6.19. The van der Waals surface area contributed by atoms with E-state index in [0.29, 0.717) is 5.56 Å². The van der Waals surface area contributed by atoms with Crippen molar-refractivity contribution in [1.29, 1.82) is 0 Å². The number of rotatable bonds is 5. The lowest BCUT2D eigenvalue weighted by Crippen LogP contribution is -2.24. The first-order valence-electron chi connectivity index (χ1n) is 6.19. The smallest absolute Gasteiger partial charge is 0.313 e. The summed E-state index contributed by atoms with van der Waals surface area (Å²) in [4.78, 5) is 22.2. The molecular formula is C15H12FNO4. The Bertz CT molecular complexity index is 673. The molecular weight excluding hydrogens is 277 g/mol. The summed E-state index contributed by atoms with van der Waals surface area (Å²) in [5.41, 5.74) is -0.0718. The van der Waals surface area contributed by atoms with E-state index in [1.165, 1.54) is 6.92 Å². The average Bonchev–Trinajstić information content (AvgIpc) is 2.49. The van der Waals surface area contributed by atoms with E-state index in [1.54, 1.807) is 30.3 Å². The van der Waals surface area contributed by atoms with Gasteiger partial charge in [-0.25, -0.2) is 4.39 Å². The van der Waals surface area contributed by atoms with Gasteiger partial charge in [0.1, 0.15) is 5.82 Å².